The topological polar surface area (TPSA) is 46.2 Å². The van der Waals surface area contributed by atoms with E-state index in [-0.39, 0.29) is 11.7 Å². The van der Waals surface area contributed by atoms with Crippen LogP contribution in [-0.2, 0) is 16.1 Å². The summed E-state index contributed by atoms with van der Waals surface area (Å²) in [5.74, 6) is -0.00938. The van der Waals surface area contributed by atoms with E-state index in [1.807, 2.05) is 17.5 Å². The van der Waals surface area contributed by atoms with Crippen molar-refractivity contribution in [1.82, 2.24) is 5.32 Å². The average molecular weight is 211 g/mol. The van der Waals surface area contributed by atoms with Crippen LogP contribution in [0.25, 0.3) is 0 Å². The second kappa shape index (κ2) is 5.54. The first-order valence-electron chi connectivity index (χ1n) is 4.47. The number of rotatable bonds is 5. The molecule has 3 nitrogen and oxygen atoms in total. The lowest BCUT2D eigenvalue weighted by Crippen LogP contribution is -2.22. The third-order valence-electron chi connectivity index (χ3n) is 1.74. The molecule has 1 aromatic rings. The van der Waals surface area contributed by atoms with E-state index in [4.69, 9.17) is 0 Å². The third-order valence-corrected chi connectivity index (χ3v) is 2.62. The minimum Gasteiger partial charge on any atom is -0.351 e. The Morgan fingerprint density at radius 3 is 2.79 bits per heavy atom. The van der Waals surface area contributed by atoms with E-state index in [1.165, 1.54) is 6.92 Å². The molecule has 0 aromatic carbocycles. The number of hydrogen-bond acceptors (Lipinski definition) is 3. The molecule has 1 aromatic heterocycles. The second-order valence-electron chi connectivity index (χ2n) is 3.06. The quantitative estimate of drug-likeness (QED) is 0.806. The highest BCUT2D eigenvalue weighted by atomic mass is 32.1. The minimum atomic E-state index is -0.0615. The van der Waals surface area contributed by atoms with Crippen molar-refractivity contribution in [3.8, 4) is 0 Å². The molecule has 76 valence electrons. The Hall–Kier alpha value is -1.16. The van der Waals surface area contributed by atoms with Gasteiger partial charge in [0.2, 0.25) is 5.91 Å². The Labute approximate surface area is 87.1 Å². The fraction of sp³-hybridized carbons (Fsp3) is 0.400. The molecule has 0 aliphatic rings. The van der Waals surface area contributed by atoms with Crippen molar-refractivity contribution < 1.29 is 9.59 Å². The summed E-state index contributed by atoms with van der Waals surface area (Å²) in [4.78, 5) is 22.9. The van der Waals surface area contributed by atoms with Crippen molar-refractivity contribution in [2.75, 3.05) is 0 Å². The molecule has 1 N–H and O–H groups in total. The summed E-state index contributed by atoms with van der Waals surface area (Å²) >= 11 is 1.61. The van der Waals surface area contributed by atoms with Gasteiger partial charge in [-0.25, -0.2) is 0 Å². The molecule has 0 aliphatic heterocycles. The van der Waals surface area contributed by atoms with Crippen molar-refractivity contribution in [2.45, 2.75) is 26.3 Å². The van der Waals surface area contributed by atoms with Gasteiger partial charge in [0.25, 0.3) is 0 Å². The lowest BCUT2D eigenvalue weighted by Gasteiger charge is -2.01. The molecule has 1 heterocycles. The molecular formula is C10H13NO2S. The highest BCUT2D eigenvalue weighted by Crippen LogP contribution is 2.07. The fourth-order valence-electron chi connectivity index (χ4n) is 0.977. The van der Waals surface area contributed by atoms with E-state index in [0.29, 0.717) is 19.4 Å². The molecule has 1 amide bonds. The lowest BCUT2D eigenvalue weighted by atomic mass is 10.2. The van der Waals surface area contributed by atoms with Crippen LogP contribution >= 0.6 is 11.3 Å². The number of Topliss-reactive ketones (excluding diaryl/α,β-unsaturated/α-hetero) is 1. The van der Waals surface area contributed by atoms with Crippen LogP contribution in [0.5, 0.6) is 0 Å². The van der Waals surface area contributed by atoms with E-state index in [1.54, 1.807) is 11.3 Å². The first-order valence-corrected chi connectivity index (χ1v) is 5.35. The number of ketones is 1. The maximum absolute atomic E-state index is 11.2. The van der Waals surface area contributed by atoms with Crippen LogP contribution < -0.4 is 5.32 Å². The van der Waals surface area contributed by atoms with Gasteiger partial charge in [-0.1, -0.05) is 6.07 Å². The van der Waals surface area contributed by atoms with Gasteiger partial charge in [0, 0.05) is 17.7 Å². The smallest absolute Gasteiger partial charge is 0.220 e. The average Bonchev–Trinajstić information content (AvgIpc) is 2.63. The summed E-state index contributed by atoms with van der Waals surface area (Å²) in [6.45, 7) is 2.06. The predicted molar refractivity (Wildman–Crippen MR) is 56.1 cm³/mol. The number of carbonyl (C=O) groups is 2. The predicted octanol–water partition coefficient (Wildman–Crippen LogP) is 1.73. The normalized spacial score (nSPS) is 9.79. The van der Waals surface area contributed by atoms with Crippen LogP contribution in [0.3, 0.4) is 0 Å². The zero-order valence-electron chi connectivity index (χ0n) is 8.08. The van der Waals surface area contributed by atoms with Gasteiger partial charge in [0.15, 0.2) is 0 Å². The molecule has 0 saturated heterocycles. The van der Waals surface area contributed by atoms with E-state index in [2.05, 4.69) is 5.32 Å². The molecule has 0 fully saturated rings. The van der Waals surface area contributed by atoms with E-state index in [9.17, 15) is 9.59 Å². The molecule has 1 rings (SSSR count). The lowest BCUT2D eigenvalue weighted by molar-refractivity contribution is -0.124. The van der Waals surface area contributed by atoms with Crippen molar-refractivity contribution in [3.63, 3.8) is 0 Å². The van der Waals surface area contributed by atoms with Gasteiger partial charge in [0.05, 0.1) is 6.54 Å². The molecule has 4 heteroatoms. The Balaban J connectivity index is 2.18. The first kappa shape index (κ1) is 10.9. The number of hydrogen-bond donors (Lipinski definition) is 1. The van der Waals surface area contributed by atoms with Crippen LogP contribution in [0.2, 0.25) is 0 Å². The Morgan fingerprint density at radius 2 is 2.21 bits per heavy atom. The summed E-state index contributed by atoms with van der Waals surface area (Å²) in [6.07, 6.45) is 0.622. The Morgan fingerprint density at radius 1 is 1.43 bits per heavy atom. The molecule has 0 radical (unpaired) electrons. The van der Waals surface area contributed by atoms with E-state index < -0.39 is 0 Å². The molecule has 0 bridgehead atoms. The minimum absolute atomic E-state index is 0.0521. The zero-order chi connectivity index (χ0) is 10.4. The fourth-order valence-corrected chi connectivity index (χ4v) is 1.62. The highest BCUT2D eigenvalue weighted by Gasteiger charge is 2.03. The van der Waals surface area contributed by atoms with Gasteiger partial charge in [-0.2, -0.15) is 0 Å². The van der Waals surface area contributed by atoms with Crippen molar-refractivity contribution in [2.24, 2.45) is 0 Å². The molecule has 0 saturated carbocycles. The molecule has 14 heavy (non-hydrogen) atoms. The molecule has 0 aliphatic carbocycles. The van der Waals surface area contributed by atoms with Gasteiger partial charge in [-0.15, -0.1) is 11.3 Å². The van der Waals surface area contributed by atoms with Crippen LogP contribution in [0.4, 0.5) is 0 Å². The standard InChI is InChI=1S/C10H13NO2S/c1-8(12)4-5-10(13)11-7-9-3-2-6-14-9/h2-3,6H,4-5,7H2,1H3,(H,11,13). The second-order valence-corrected chi connectivity index (χ2v) is 4.09. The van der Waals surface area contributed by atoms with Crippen LogP contribution in [0.1, 0.15) is 24.6 Å². The molecule has 0 unspecified atom stereocenters. The summed E-state index contributed by atoms with van der Waals surface area (Å²) in [5, 5.41) is 4.73. The van der Waals surface area contributed by atoms with Crippen molar-refractivity contribution in [1.29, 1.82) is 0 Å². The van der Waals surface area contributed by atoms with Gasteiger partial charge >= 0.3 is 0 Å². The van der Waals surface area contributed by atoms with Gasteiger partial charge in [0.1, 0.15) is 5.78 Å². The summed E-state index contributed by atoms with van der Waals surface area (Å²) < 4.78 is 0. The van der Waals surface area contributed by atoms with Gasteiger partial charge < -0.3 is 10.1 Å². The molecule has 0 atom stereocenters. The van der Waals surface area contributed by atoms with E-state index in [0.717, 1.165) is 4.88 Å². The van der Waals surface area contributed by atoms with Crippen molar-refractivity contribution in [3.05, 3.63) is 22.4 Å². The van der Waals surface area contributed by atoms with Gasteiger partial charge in [-0.3, -0.25) is 4.79 Å². The van der Waals surface area contributed by atoms with Crippen LogP contribution in [0.15, 0.2) is 17.5 Å². The number of amides is 1. The van der Waals surface area contributed by atoms with Gasteiger partial charge in [-0.05, 0) is 18.4 Å². The van der Waals surface area contributed by atoms with Crippen molar-refractivity contribution >= 4 is 23.0 Å². The van der Waals surface area contributed by atoms with Crippen LogP contribution in [0, 0.1) is 0 Å². The number of nitrogens with one attached hydrogen (secondary N) is 1. The maximum atomic E-state index is 11.2. The third kappa shape index (κ3) is 4.18. The molecular weight excluding hydrogens is 198 g/mol. The highest BCUT2D eigenvalue weighted by molar-refractivity contribution is 7.09. The number of thiophene rings is 1. The Kier molecular flexibility index (Phi) is 4.32. The molecule has 0 spiro atoms. The summed E-state index contributed by atoms with van der Waals surface area (Å²) in [7, 11) is 0. The van der Waals surface area contributed by atoms with E-state index >= 15 is 0 Å². The Bertz CT molecular complexity index is 306. The zero-order valence-corrected chi connectivity index (χ0v) is 8.89. The summed E-state index contributed by atoms with van der Waals surface area (Å²) in [6, 6.07) is 3.91. The largest absolute Gasteiger partial charge is 0.351 e. The monoisotopic (exact) mass is 211 g/mol. The van der Waals surface area contributed by atoms with Crippen LogP contribution in [-0.4, -0.2) is 11.7 Å². The number of carbonyl (C=O) groups excluding carboxylic acids is 2. The maximum Gasteiger partial charge on any atom is 0.220 e. The summed E-state index contributed by atoms with van der Waals surface area (Å²) in [5.41, 5.74) is 0. The SMILES string of the molecule is CC(=O)CCC(=O)NCc1cccs1. The first-order chi connectivity index (χ1) is 6.68.